The molecule has 1 unspecified atom stereocenters. The molecule has 0 saturated heterocycles. The first-order valence-electron chi connectivity index (χ1n) is 6.86. The molecule has 11 heteroatoms. The van der Waals surface area contributed by atoms with Gasteiger partial charge in [0.15, 0.2) is 35.0 Å². The number of alkyl halides is 3. The predicted molar refractivity (Wildman–Crippen MR) is 73.6 cm³/mol. The van der Waals surface area contributed by atoms with Crippen molar-refractivity contribution in [2.45, 2.75) is 12.2 Å². The molecule has 2 aromatic rings. The lowest BCUT2D eigenvalue weighted by Gasteiger charge is -2.11. The number of nitrogens with zero attached hydrogens (tertiary/aromatic N) is 2. The Morgan fingerprint density at radius 1 is 0.923 bits per heavy atom. The summed E-state index contributed by atoms with van der Waals surface area (Å²) >= 11 is 0. The van der Waals surface area contributed by atoms with E-state index in [4.69, 9.17) is 0 Å². The van der Waals surface area contributed by atoms with Crippen molar-refractivity contribution in [2.75, 3.05) is 5.32 Å². The fourth-order valence-electron chi connectivity index (χ4n) is 2.38. The molecule has 3 rings (SSSR count). The zero-order valence-corrected chi connectivity index (χ0v) is 12.3. The number of halogens is 7. The van der Waals surface area contributed by atoms with Crippen LogP contribution in [0.15, 0.2) is 34.5 Å². The topological polar surface area (TPSA) is 53.8 Å². The van der Waals surface area contributed by atoms with Gasteiger partial charge in [0.25, 0.3) is 5.91 Å². The number of azo groups is 1. The number of hydrogen-bond acceptors (Lipinski definition) is 3. The minimum absolute atomic E-state index is 0.273. The van der Waals surface area contributed by atoms with Gasteiger partial charge in [0.2, 0.25) is 0 Å². The van der Waals surface area contributed by atoms with Gasteiger partial charge in [-0.05, 0) is 6.07 Å². The largest absolute Gasteiger partial charge is 0.422 e. The second-order valence-corrected chi connectivity index (χ2v) is 5.17. The molecule has 4 nitrogen and oxygen atoms in total. The number of rotatable bonds is 2. The number of carbonyl (C=O) groups is 1. The fraction of sp³-hybridized carbons (Fsp3) is 0.133. The zero-order chi connectivity index (χ0) is 19.2. The van der Waals surface area contributed by atoms with Crippen LogP contribution in [0, 0.1) is 23.3 Å². The van der Waals surface area contributed by atoms with Crippen molar-refractivity contribution in [1.29, 1.82) is 0 Å². The van der Waals surface area contributed by atoms with Gasteiger partial charge in [-0.3, -0.25) is 4.79 Å². The highest BCUT2D eigenvalue weighted by Crippen LogP contribution is 2.40. The van der Waals surface area contributed by atoms with E-state index in [9.17, 15) is 35.5 Å². The van der Waals surface area contributed by atoms with Crippen LogP contribution in [0.1, 0.15) is 17.2 Å². The lowest BCUT2D eigenvalue weighted by Crippen LogP contribution is -2.15. The molecule has 1 aliphatic rings. The Bertz CT molecular complexity index is 911. The molecule has 0 aliphatic carbocycles. The van der Waals surface area contributed by atoms with Crippen molar-refractivity contribution in [1.82, 2.24) is 0 Å². The van der Waals surface area contributed by atoms with Crippen molar-refractivity contribution >= 4 is 17.3 Å². The number of anilines is 1. The summed E-state index contributed by atoms with van der Waals surface area (Å²) in [5.41, 5.74) is -3.80. The highest BCUT2D eigenvalue weighted by atomic mass is 19.4. The number of fused-ring (bicyclic) bond motifs is 1. The van der Waals surface area contributed by atoms with E-state index in [1.54, 1.807) is 6.07 Å². The molecule has 1 amide bonds. The first kappa shape index (κ1) is 17.8. The lowest BCUT2D eigenvalue weighted by molar-refractivity contribution is -0.143. The fourth-order valence-corrected chi connectivity index (χ4v) is 2.38. The monoisotopic (exact) mass is 377 g/mol. The molecule has 0 saturated carbocycles. The van der Waals surface area contributed by atoms with E-state index in [1.165, 1.54) is 18.2 Å². The second-order valence-electron chi connectivity index (χ2n) is 5.17. The van der Waals surface area contributed by atoms with E-state index < -0.39 is 52.6 Å². The summed E-state index contributed by atoms with van der Waals surface area (Å²) in [6, 6.07) is 4.68. The number of nitrogens with one attached hydrogen (secondary N) is 1. The van der Waals surface area contributed by atoms with Crippen LogP contribution in [0.25, 0.3) is 0 Å². The normalized spacial score (nSPS) is 16.9. The number of para-hydroxylation sites is 1. The van der Waals surface area contributed by atoms with Gasteiger partial charge in [-0.1, -0.05) is 18.2 Å². The second kappa shape index (κ2) is 6.07. The van der Waals surface area contributed by atoms with Crippen LogP contribution in [0.2, 0.25) is 0 Å². The summed E-state index contributed by atoms with van der Waals surface area (Å²) in [7, 11) is 0. The van der Waals surface area contributed by atoms with Gasteiger partial charge in [0.05, 0.1) is 0 Å². The Balaban J connectivity index is 2.07. The molecule has 0 aromatic heterocycles. The zero-order valence-electron chi connectivity index (χ0n) is 12.3. The van der Waals surface area contributed by atoms with Crippen LogP contribution >= 0.6 is 0 Å². The third-order valence-corrected chi connectivity index (χ3v) is 3.56. The van der Waals surface area contributed by atoms with Crippen molar-refractivity contribution in [3.63, 3.8) is 0 Å². The third-order valence-electron chi connectivity index (χ3n) is 3.56. The summed E-state index contributed by atoms with van der Waals surface area (Å²) in [5.74, 6) is -10.8. The van der Waals surface area contributed by atoms with E-state index in [2.05, 4.69) is 15.5 Å². The molecule has 26 heavy (non-hydrogen) atoms. The van der Waals surface area contributed by atoms with Gasteiger partial charge >= 0.3 is 6.18 Å². The summed E-state index contributed by atoms with van der Waals surface area (Å²) < 4.78 is 92.2. The van der Waals surface area contributed by atoms with E-state index in [-0.39, 0.29) is 5.56 Å². The van der Waals surface area contributed by atoms with E-state index in [0.29, 0.717) is 5.69 Å². The summed E-state index contributed by atoms with van der Waals surface area (Å²) in [6.07, 6.45) is -5.66. The van der Waals surface area contributed by atoms with E-state index in [1.807, 2.05) is 0 Å². The maximum Gasteiger partial charge on any atom is 0.422 e. The van der Waals surface area contributed by atoms with Gasteiger partial charge in [-0.15, -0.1) is 5.11 Å². The number of carbonyl (C=O) groups excluding carboxylic acids is 1. The molecule has 0 bridgehead atoms. The average molecular weight is 377 g/mol. The molecule has 0 radical (unpaired) electrons. The highest BCUT2D eigenvalue weighted by molar-refractivity contribution is 6.02. The molecule has 136 valence electrons. The standard InChI is InChI=1S/C15H6F7N3O/c16-8-7(15(20,21)22)9(17)11(19)13(10(8)18)25-24-12-5-3-1-2-4-6(5)23-14(12)26/h1-4,12H,(H,23,26). The minimum atomic E-state index is -5.66. The molecule has 1 aliphatic heterocycles. The van der Waals surface area contributed by atoms with Gasteiger partial charge in [0, 0.05) is 11.3 Å². The molecule has 0 spiro atoms. The van der Waals surface area contributed by atoms with Gasteiger partial charge in [-0.2, -0.15) is 18.3 Å². The molecular weight excluding hydrogens is 371 g/mol. The quantitative estimate of drug-likeness (QED) is 0.445. The maximum absolute atomic E-state index is 13.8. The summed E-state index contributed by atoms with van der Waals surface area (Å²) in [5, 5.41) is 8.67. The first-order valence-corrected chi connectivity index (χ1v) is 6.86. The Morgan fingerprint density at radius 2 is 1.50 bits per heavy atom. The van der Waals surface area contributed by atoms with Gasteiger partial charge in [0.1, 0.15) is 5.56 Å². The maximum atomic E-state index is 13.8. The first-order chi connectivity index (χ1) is 12.1. The van der Waals surface area contributed by atoms with E-state index in [0.717, 1.165) is 0 Å². The van der Waals surface area contributed by atoms with Crippen LogP contribution in [-0.2, 0) is 11.0 Å². The number of amides is 1. The van der Waals surface area contributed by atoms with Crippen molar-refractivity contribution in [3.05, 3.63) is 58.7 Å². The van der Waals surface area contributed by atoms with Crippen LogP contribution in [0.4, 0.5) is 42.1 Å². The molecule has 0 fully saturated rings. The smallest absolute Gasteiger partial charge is 0.324 e. The minimum Gasteiger partial charge on any atom is -0.324 e. The van der Waals surface area contributed by atoms with Crippen LogP contribution in [-0.4, -0.2) is 5.91 Å². The third kappa shape index (κ3) is 2.78. The van der Waals surface area contributed by atoms with Crippen molar-refractivity contribution in [2.24, 2.45) is 10.2 Å². The Labute approximate surface area is 140 Å². The highest BCUT2D eigenvalue weighted by Gasteiger charge is 2.42. The van der Waals surface area contributed by atoms with Crippen LogP contribution in [0.3, 0.4) is 0 Å². The molecule has 1 atom stereocenters. The van der Waals surface area contributed by atoms with Crippen molar-refractivity contribution in [3.8, 4) is 0 Å². The van der Waals surface area contributed by atoms with Crippen LogP contribution < -0.4 is 5.32 Å². The van der Waals surface area contributed by atoms with Crippen LogP contribution in [0.5, 0.6) is 0 Å². The van der Waals surface area contributed by atoms with Gasteiger partial charge < -0.3 is 5.32 Å². The van der Waals surface area contributed by atoms with Gasteiger partial charge in [-0.25, -0.2) is 17.6 Å². The Kier molecular flexibility index (Phi) is 4.17. The molecule has 2 aromatic carbocycles. The average Bonchev–Trinajstić information content (AvgIpc) is 2.87. The number of benzene rings is 2. The molecule has 1 N–H and O–H groups in total. The summed E-state index contributed by atoms with van der Waals surface area (Å²) in [6.45, 7) is 0. The van der Waals surface area contributed by atoms with Crippen molar-refractivity contribution < 1.29 is 35.5 Å². The lowest BCUT2D eigenvalue weighted by atomic mass is 10.1. The Morgan fingerprint density at radius 3 is 2.08 bits per heavy atom. The summed E-state index contributed by atoms with van der Waals surface area (Å²) in [4.78, 5) is 11.8. The van der Waals surface area contributed by atoms with E-state index >= 15 is 0 Å². The molecular formula is C15H6F7N3O. The Hall–Kier alpha value is -2.98. The molecule has 1 heterocycles. The number of hydrogen-bond donors (Lipinski definition) is 1. The predicted octanol–water partition coefficient (Wildman–Crippen LogP) is 5.04. The SMILES string of the molecule is O=C1Nc2ccccc2C1N=Nc1c(F)c(F)c(C(F)(F)F)c(F)c1F.